The molecule has 1 fully saturated rings. The average molecular weight is 371 g/mol. The SMILES string of the molecule is Cc1sc(NC(=O)CN2CCCCC2)nc1-c1ccc2c(c1)CCN2C. The van der Waals surface area contributed by atoms with E-state index in [0.717, 1.165) is 42.2 Å². The number of anilines is 2. The number of hydrogen-bond acceptors (Lipinski definition) is 5. The Morgan fingerprint density at radius 1 is 1.23 bits per heavy atom. The summed E-state index contributed by atoms with van der Waals surface area (Å²) in [5.74, 6) is 0.0442. The highest BCUT2D eigenvalue weighted by Crippen LogP contribution is 2.35. The molecular formula is C20H26N4OS. The minimum Gasteiger partial charge on any atom is -0.374 e. The predicted molar refractivity (Wildman–Crippen MR) is 108 cm³/mol. The van der Waals surface area contributed by atoms with Crippen molar-refractivity contribution in [2.45, 2.75) is 32.6 Å². The zero-order valence-electron chi connectivity index (χ0n) is 15.5. The second kappa shape index (κ2) is 7.37. The van der Waals surface area contributed by atoms with E-state index in [9.17, 15) is 4.79 Å². The number of likely N-dealkylation sites (N-methyl/N-ethyl adjacent to an activating group) is 1. The lowest BCUT2D eigenvalue weighted by atomic mass is 10.1. The molecule has 0 spiro atoms. The van der Waals surface area contributed by atoms with Gasteiger partial charge in [-0.25, -0.2) is 4.98 Å². The Morgan fingerprint density at radius 3 is 2.85 bits per heavy atom. The Hall–Kier alpha value is -1.92. The monoisotopic (exact) mass is 370 g/mol. The van der Waals surface area contributed by atoms with Crippen LogP contribution in [0.2, 0.25) is 0 Å². The van der Waals surface area contributed by atoms with Crippen molar-refractivity contribution in [2.75, 3.05) is 43.4 Å². The second-order valence-corrected chi connectivity index (χ2v) is 8.53. The second-order valence-electron chi connectivity index (χ2n) is 7.32. The molecule has 138 valence electrons. The van der Waals surface area contributed by atoms with Crippen LogP contribution in [0.15, 0.2) is 18.2 Å². The fourth-order valence-electron chi connectivity index (χ4n) is 3.91. The van der Waals surface area contributed by atoms with E-state index < -0.39 is 0 Å². The minimum atomic E-state index is 0.0442. The summed E-state index contributed by atoms with van der Waals surface area (Å²) in [7, 11) is 2.13. The average Bonchev–Trinajstić information content (AvgIpc) is 3.18. The molecule has 2 aromatic rings. The molecule has 0 saturated carbocycles. The Morgan fingerprint density at radius 2 is 2.04 bits per heavy atom. The zero-order valence-corrected chi connectivity index (χ0v) is 16.4. The van der Waals surface area contributed by atoms with Gasteiger partial charge in [0.2, 0.25) is 5.91 Å². The van der Waals surface area contributed by atoms with Gasteiger partial charge in [-0.1, -0.05) is 12.5 Å². The lowest BCUT2D eigenvalue weighted by molar-refractivity contribution is -0.117. The quantitative estimate of drug-likeness (QED) is 0.894. The molecule has 2 aliphatic rings. The lowest BCUT2D eigenvalue weighted by Gasteiger charge is -2.25. The smallest absolute Gasteiger partial charge is 0.240 e. The number of fused-ring (bicyclic) bond motifs is 1. The van der Waals surface area contributed by atoms with Crippen LogP contribution >= 0.6 is 11.3 Å². The Balaban J connectivity index is 1.46. The van der Waals surface area contributed by atoms with Crippen molar-refractivity contribution < 1.29 is 4.79 Å². The van der Waals surface area contributed by atoms with E-state index >= 15 is 0 Å². The van der Waals surface area contributed by atoms with E-state index in [2.05, 4.69) is 47.3 Å². The van der Waals surface area contributed by atoms with Gasteiger partial charge in [-0.15, -0.1) is 11.3 Å². The highest BCUT2D eigenvalue weighted by Gasteiger charge is 2.19. The number of rotatable bonds is 4. The topological polar surface area (TPSA) is 48.5 Å². The van der Waals surface area contributed by atoms with Gasteiger partial charge in [-0.3, -0.25) is 9.69 Å². The van der Waals surface area contributed by atoms with Crippen LogP contribution in [0.3, 0.4) is 0 Å². The van der Waals surface area contributed by atoms with Crippen LogP contribution in [-0.2, 0) is 11.2 Å². The molecule has 1 N–H and O–H groups in total. The maximum Gasteiger partial charge on any atom is 0.240 e. The molecule has 5 nitrogen and oxygen atoms in total. The van der Waals surface area contributed by atoms with Crippen LogP contribution in [0, 0.1) is 6.92 Å². The molecule has 4 rings (SSSR count). The highest BCUT2D eigenvalue weighted by atomic mass is 32.1. The lowest BCUT2D eigenvalue weighted by Crippen LogP contribution is -2.36. The van der Waals surface area contributed by atoms with Gasteiger partial charge < -0.3 is 10.2 Å². The summed E-state index contributed by atoms with van der Waals surface area (Å²) in [6, 6.07) is 6.58. The van der Waals surface area contributed by atoms with Gasteiger partial charge >= 0.3 is 0 Å². The summed E-state index contributed by atoms with van der Waals surface area (Å²) < 4.78 is 0. The number of aryl methyl sites for hydroxylation is 1. The molecule has 2 aliphatic heterocycles. The Kier molecular flexibility index (Phi) is 4.96. The molecule has 26 heavy (non-hydrogen) atoms. The largest absolute Gasteiger partial charge is 0.374 e. The minimum absolute atomic E-state index is 0.0442. The zero-order chi connectivity index (χ0) is 18.1. The highest BCUT2D eigenvalue weighted by molar-refractivity contribution is 7.16. The maximum absolute atomic E-state index is 12.3. The molecule has 1 amide bonds. The van der Waals surface area contributed by atoms with Gasteiger partial charge in [-0.05, 0) is 57.0 Å². The van der Waals surface area contributed by atoms with E-state index in [1.165, 1.54) is 30.5 Å². The number of thiazole rings is 1. The number of amides is 1. The van der Waals surface area contributed by atoms with Crippen LogP contribution in [0.4, 0.5) is 10.8 Å². The number of aromatic nitrogens is 1. The molecule has 0 atom stereocenters. The molecule has 3 heterocycles. The van der Waals surface area contributed by atoms with Crippen molar-refractivity contribution in [2.24, 2.45) is 0 Å². The summed E-state index contributed by atoms with van der Waals surface area (Å²) in [6.07, 6.45) is 4.76. The van der Waals surface area contributed by atoms with Gasteiger partial charge in [0.15, 0.2) is 5.13 Å². The van der Waals surface area contributed by atoms with E-state index in [1.54, 1.807) is 11.3 Å². The van der Waals surface area contributed by atoms with Gasteiger partial charge in [0.1, 0.15) is 0 Å². The van der Waals surface area contributed by atoms with E-state index in [-0.39, 0.29) is 5.91 Å². The van der Waals surface area contributed by atoms with Crippen molar-refractivity contribution >= 4 is 28.1 Å². The normalized spacial score (nSPS) is 17.4. The molecular weight excluding hydrogens is 344 g/mol. The predicted octanol–water partition coefficient (Wildman–Crippen LogP) is 3.54. The molecule has 1 aromatic heterocycles. The third kappa shape index (κ3) is 3.62. The number of nitrogens with one attached hydrogen (secondary N) is 1. The van der Waals surface area contributed by atoms with E-state index in [0.29, 0.717) is 11.7 Å². The number of carbonyl (C=O) groups excluding carboxylic acids is 1. The molecule has 1 saturated heterocycles. The maximum atomic E-state index is 12.3. The van der Waals surface area contributed by atoms with Crippen LogP contribution in [0.25, 0.3) is 11.3 Å². The van der Waals surface area contributed by atoms with Crippen molar-refractivity contribution in [3.05, 3.63) is 28.6 Å². The Bertz CT molecular complexity index is 810. The first-order chi connectivity index (χ1) is 12.6. The van der Waals surface area contributed by atoms with Gasteiger partial charge in [0.25, 0.3) is 0 Å². The number of nitrogens with zero attached hydrogens (tertiary/aromatic N) is 3. The summed E-state index contributed by atoms with van der Waals surface area (Å²) in [6.45, 7) is 5.68. The fraction of sp³-hybridized carbons (Fsp3) is 0.500. The molecule has 1 aromatic carbocycles. The summed E-state index contributed by atoms with van der Waals surface area (Å²) in [4.78, 5) is 22.7. The first-order valence-electron chi connectivity index (χ1n) is 9.44. The first-order valence-corrected chi connectivity index (χ1v) is 10.3. The van der Waals surface area contributed by atoms with Crippen molar-refractivity contribution in [1.82, 2.24) is 9.88 Å². The Labute approximate surface area is 159 Å². The molecule has 0 radical (unpaired) electrons. The first kappa shape index (κ1) is 17.5. The number of likely N-dealkylation sites (tertiary alicyclic amines) is 1. The fourth-order valence-corrected chi connectivity index (χ4v) is 4.76. The molecule has 0 aliphatic carbocycles. The van der Waals surface area contributed by atoms with Crippen molar-refractivity contribution in [1.29, 1.82) is 0 Å². The third-order valence-corrected chi connectivity index (χ3v) is 6.23. The molecule has 0 bridgehead atoms. The standard InChI is InChI=1S/C20H26N4OS/c1-14-19(16-6-7-17-15(12-16)8-11-23(17)2)22-20(26-14)21-18(25)13-24-9-4-3-5-10-24/h6-7,12H,3-5,8-11,13H2,1-2H3,(H,21,22,25). The number of benzene rings is 1. The van der Waals surface area contributed by atoms with Crippen LogP contribution in [-0.4, -0.2) is 49.0 Å². The van der Waals surface area contributed by atoms with Crippen LogP contribution < -0.4 is 10.2 Å². The van der Waals surface area contributed by atoms with Crippen LogP contribution in [0.1, 0.15) is 29.7 Å². The number of piperidine rings is 1. The molecule has 6 heteroatoms. The van der Waals surface area contributed by atoms with Crippen molar-refractivity contribution in [3.8, 4) is 11.3 Å². The summed E-state index contributed by atoms with van der Waals surface area (Å²) >= 11 is 1.56. The van der Waals surface area contributed by atoms with Gasteiger partial charge in [-0.2, -0.15) is 0 Å². The summed E-state index contributed by atoms with van der Waals surface area (Å²) in [5, 5.41) is 3.70. The van der Waals surface area contributed by atoms with E-state index in [1.807, 2.05) is 0 Å². The number of hydrogen-bond donors (Lipinski definition) is 1. The number of carbonyl (C=O) groups is 1. The van der Waals surface area contributed by atoms with Gasteiger partial charge in [0.05, 0.1) is 12.2 Å². The van der Waals surface area contributed by atoms with Gasteiger partial charge in [0, 0.05) is 29.7 Å². The van der Waals surface area contributed by atoms with Crippen LogP contribution in [0.5, 0.6) is 0 Å². The van der Waals surface area contributed by atoms with Crippen molar-refractivity contribution in [3.63, 3.8) is 0 Å². The molecule has 0 unspecified atom stereocenters. The third-order valence-electron chi connectivity index (χ3n) is 5.34. The van der Waals surface area contributed by atoms with E-state index in [4.69, 9.17) is 4.98 Å². The summed E-state index contributed by atoms with van der Waals surface area (Å²) in [5.41, 5.74) is 4.83.